The van der Waals surface area contributed by atoms with Crippen molar-refractivity contribution in [1.82, 2.24) is 20.1 Å². The number of rotatable bonds is 11. The summed E-state index contributed by atoms with van der Waals surface area (Å²) < 4.78 is 14.8. The summed E-state index contributed by atoms with van der Waals surface area (Å²) in [5.74, 6) is -0.511. The summed E-state index contributed by atoms with van der Waals surface area (Å²) in [6.45, 7) is 6.83. The number of anilines is 2. The van der Waals surface area contributed by atoms with Gasteiger partial charge in [0.1, 0.15) is 41.0 Å². The highest BCUT2D eigenvalue weighted by Gasteiger charge is 2.19. The number of nitro groups is 2. The van der Waals surface area contributed by atoms with Gasteiger partial charge < -0.3 is 30.4 Å². The van der Waals surface area contributed by atoms with Crippen molar-refractivity contribution in [2.45, 2.75) is 33.8 Å². The third-order valence-corrected chi connectivity index (χ3v) is 8.66. The molecule has 0 saturated carbocycles. The maximum atomic E-state index is 12.1. The molecule has 25 heteroatoms. The number of carbonyl (C=O) groups is 3. The molecule has 0 aliphatic rings. The van der Waals surface area contributed by atoms with Gasteiger partial charge in [0.2, 0.25) is 0 Å². The number of methoxy groups -OCH3 is 1. The summed E-state index contributed by atoms with van der Waals surface area (Å²) in [5.41, 5.74) is 4.71. The van der Waals surface area contributed by atoms with E-state index in [1.54, 1.807) is 16.8 Å². The Hall–Kier alpha value is -4.20. The lowest BCUT2D eigenvalue weighted by atomic mass is 10.2. The largest absolute Gasteiger partial charge is 0.506 e. The van der Waals surface area contributed by atoms with Gasteiger partial charge in [0.05, 0.1) is 17.0 Å². The van der Waals surface area contributed by atoms with Crippen molar-refractivity contribution >= 4 is 111 Å². The summed E-state index contributed by atoms with van der Waals surface area (Å²) in [6.07, 6.45) is 1.87. The Kier molecular flexibility index (Phi) is 22.9. The second-order valence-corrected chi connectivity index (χ2v) is 14.5. The number of nitrogens with zero attached hydrogens (tertiary/aromatic N) is 4. The van der Waals surface area contributed by atoms with Gasteiger partial charge in [-0.1, -0.05) is 23.4 Å². The van der Waals surface area contributed by atoms with Gasteiger partial charge in [-0.2, -0.15) is 0 Å². The van der Waals surface area contributed by atoms with Crippen LogP contribution in [0.2, 0.25) is 0 Å². The van der Waals surface area contributed by atoms with Gasteiger partial charge in [0.25, 0.3) is 5.91 Å². The third-order valence-electron chi connectivity index (χ3n) is 4.65. The van der Waals surface area contributed by atoms with Gasteiger partial charge >= 0.3 is 22.1 Å². The van der Waals surface area contributed by atoms with Crippen LogP contribution in [0, 0.1) is 20.2 Å². The van der Waals surface area contributed by atoms with E-state index in [0.29, 0.717) is 30.3 Å². The minimum atomic E-state index is -0.563. The number of halogens is 2. The molecule has 0 bridgehead atoms. The number of alkyl carbamates (subject to hydrolysis) is 1. The maximum Gasteiger partial charge on any atom is 0.407 e. The molecule has 4 aromatic heterocycles. The van der Waals surface area contributed by atoms with Crippen LogP contribution in [-0.2, 0) is 9.47 Å². The molecule has 4 rings (SSSR count). The molecule has 0 fully saturated rings. The lowest BCUT2D eigenvalue weighted by molar-refractivity contribution is -0.380. The Morgan fingerprint density at radius 2 is 1.62 bits per heavy atom. The molecule has 0 spiro atoms. The lowest BCUT2D eigenvalue weighted by Gasteiger charge is -2.19. The summed E-state index contributed by atoms with van der Waals surface area (Å²) in [4.78, 5) is 63.4. The van der Waals surface area contributed by atoms with E-state index in [1.165, 1.54) is 24.5 Å². The van der Waals surface area contributed by atoms with E-state index in [9.17, 15) is 34.6 Å². The number of aromatic hydroxyl groups is 1. The smallest absolute Gasteiger partial charge is 0.407 e. The first-order valence-electron chi connectivity index (χ1n) is 13.7. The first kappa shape index (κ1) is 47.8. The molecule has 0 unspecified atom stereocenters. The van der Waals surface area contributed by atoms with Crippen LogP contribution < -0.4 is 25.9 Å². The lowest BCUT2D eigenvalue weighted by Crippen LogP contribution is -2.33. The van der Waals surface area contributed by atoms with Crippen LogP contribution in [0.15, 0.2) is 35.3 Å². The number of thiophene rings is 2. The van der Waals surface area contributed by atoms with Crippen molar-refractivity contribution in [3.63, 3.8) is 0 Å². The number of aromatic nitrogens is 2. The van der Waals surface area contributed by atoms with Crippen molar-refractivity contribution in [1.29, 1.82) is 0 Å². The number of alkyl halides is 1. The number of nitrogen functional groups attached to an aromatic ring is 1. The molecular formula is C27H36BrClN8O11S4. The minimum absolute atomic E-state index is 0. The highest BCUT2D eigenvalue weighted by Crippen LogP contribution is 2.29. The Labute approximate surface area is 327 Å². The highest BCUT2D eigenvalue weighted by atomic mass is 79.9. The first-order chi connectivity index (χ1) is 24.0. The molecule has 0 radical (unpaired) electrons. The molecule has 0 aromatic carbocycles. The molecule has 19 nitrogen and oxygen atoms in total. The monoisotopic (exact) mass is 890 g/mol. The molecule has 4 heterocycles. The molecule has 0 saturated heterocycles. The normalized spacial score (nSPS) is 9.88. The zero-order chi connectivity index (χ0) is 38.6. The Morgan fingerprint density at radius 3 is 2.08 bits per heavy atom. The van der Waals surface area contributed by atoms with Gasteiger partial charge in [0.15, 0.2) is 15.1 Å². The molecule has 288 valence electrons. The fourth-order valence-corrected chi connectivity index (χ4v) is 5.54. The van der Waals surface area contributed by atoms with Crippen molar-refractivity contribution in [2.24, 2.45) is 0 Å². The summed E-state index contributed by atoms with van der Waals surface area (Å²) in [5, 5.41) is 38.8. The number of nitrogens with two attached hydrogens (primary N) is 1. The Balaban J connectivity index is 0.000000714. The number of carbonyl (C=O) groups excluding carboxylic acids is 3. The Morgan fingerprint density at radius 1 is 1.02 bits per heavy atom. The predicted molar refractivity (Wildman–Crippen MR) is 206 cm³/mol. The SMILES string of the molecule is C.CC(C)(C)OC(=O)NCCBr.COC(=O)c1sccc1O.Nc1ncc([N+](=O)[O-])s1.O=C(Nc1ncc([N+](=O)[O-])s1)c1sccc1OCCNCl. The fraction of sp³-hybridized carbons (Fsp3) is 0.370. The number of ether oxygens (including phenoxy) is 3. The predicted octanol–water partition coefficient (Wildman–Crippen LogP) is 6.90. The topological polar surface area (TPSA) is 273 Å². The zero-order valence-corrected chi connectivity index (χ0v) is 32.7. The third kappa shape index (κ3) is 18.9. The van der Waals surface area contributed by atoms with E-state index in [1.807, 2.05) is 20.8 Å². The van der Waals surface area contributed by atoms with E-state index in [2.05, 4.69) is 46.1 Å². The van der Waals surface area contributed by atoms with Crippen LogP contribution in [0.1, 0.15) is 47.5 Å². The number of hydrogen-bond donors (Lipinski definition) is 5. The van der Waals surface area contributed by atoms with E-state index < -0.39 is 27.3 Å². The molecule has 0 aliphatic heterocycles. The van der Waals surface area contributed by atoms with Crippen LogP contribution in [0.5, 0.6) is 11.5 Å². The Bertz CT molecular complexity index is 1710. The van der Waals surface area contributed by atoms with Crippen LogP contribution in [0.25, 0.3) is 0 Å². The van der Waals surface area contributed by atoms with Crippen molar-refractivity contribution in [2.75, 3.05) is 43.2 Å². The van der Waals surface area contributed by atoms with Crippen LogP contribution in [-0.4, -0.2) is 80.6 Å². The number of nitrogens with one attached hydrogen (secondary N) is 3. The minimum Gasteiger partial charge on any atom is -0.506 e. The summed E-state index contributed by atoms with van der Waals surface area (Å²) >= 11 is 12.5. The molecule has 0 aliphatic carbocycles. The zero-order valence-electron chi connectivity index (χ0n) is 27.1. The second kappa shape index (κ2) is 24.9. The quantitative estimate of drug-likeness (QED) is 0.0256. The molecular weight excluding hydrogens is 856 g/mol. The van der Waals surface area contributed by atoms with Crippen LogP contribution in [0.3, 0.4) is 0 Å². The standard InChI is InChI=1S/C10H9ClN4O4S2.C7H14BrNO2.C6H6O3S.C3H3N3O2S.CH4/c11-13-2-3-19-6-1-4-20-8(6)9(16)14-10-12-5-7(21-10)15(17)18;1-7(2,3)11-6(10)9-5-4-8;1-9-6(8)5-4(7)2-3-10-5;4-3-5-1-2(9-3)6(7)8;/h1,4-5,13H,2-3H2,(H,12,14,16);4-5H2,1-3H3,(H,9,10);2-3,7H,1H3;1H,(H2,4,5);1H4. The van der Waals surface area contributed by atoms with Crippen LogP contribution in [0.4, 0.5) is 25.1 Å². The van der Waals surface area contributed by atoms with Crippen molar-refractivity contribution < 1.29 is 43.5 Å². The van der Waals surface area contributed by atoms with E-state index in [0.717, 1.165) is 51.7 Å². The first-order valence-corrected chi connectivity index (χ1v) is 18.6. The molecule has 2 amide bonds. The fourth-order valence-electron chi connectivity index (χ4n) is 2.71. The highest BCUT2D eigenvalue weighted by molar-refractivity contribution is 9.09. The van der Waals surface area contributed by atoms with Gasteiger partial charge in [0, 0.05) is 18.4 Å². The number of hydrogen-bond acceptors (Lipinski definition) is 19. The summed E-state index contributed by atoms with van der Waals surface area (Å²) in [6, 6.07) is 3.12. The van der Waals surface area contributed by atoms with Gasteiger partial charge in [-0.3, -0.25) is 30.3 Å². The molecule has 6 N–H and O–H groups in total. The number of amides is 2. The number of thiazole rings is 2. The average molecular weight is 892 g/mol. The number of esters is 1. The molecule has 0 atom stereocenters. The van der Waals surface area contributed by atoms with Crippen molar-refractivity contribution in [3.8, 4) is 11.5 Å². The van der Waals surface area contributed by atoms with E-state index in [-0.39, 0.29) is 44.4 Å². The van der Waals surface area contributed by atoms with Crippen LogP contribution >= 0.6 is 73.1 Å². The maximum absolute atomic E-state index is 12.1. The van der Waals surface area contributed by atoms with E-state index >= 15 is 0 Å². The van der Waals surface area contributed by atoms with E-state index in [4.69, 9.17) is 32.1 Å². The van der Waals surface area contributed by atoms with Gasteiger partial charge in [-0.15, -0.1) is 22.7 Å². The van der Waals surface area contributed by atoms with Gasteiger partial charge in [-0.25, -0.2) is 24.4 Å². The average Bonchev–Trinajstić information content (AvgIpc) is 3.88. The molecule has 4 aromatic rings. The van der Waals surface area contributed by atoms with Gasteiger partial charge in [-0.05, 0) is 78.1 Å². The summed E-state index contributed by atoms with van der Waals surface area (Å²) in [7, 11) is 1.28. The molecule has 52 heavy (non-hydrogen) atoms. The second-order valence-electron chi connectivity index (χ2n) is 9.60. The van der Waals surface area contributed by atoms with Crippen molar-refractivity contribution in [3.05, 3.63) is 65.3 Å².